The van der Waals surface area contributed by atoms with Gasteiger partial charge < -0.3 is 28.6 Å². The molecular weight excluding hydrogens is 398 g/mol. The van der Waals surface area contributed by atoms with Crippen LogP contribution in [-0.2, 0) is 14.2 Å². The third-order valence-electron chi connectivity index (χ3n) is 6.37. The lowest BCUT2D eigenvalue weighted by molar-refractivity contribution is -0.0956. The number of amides is 2. The second-order valence-electron chi connectivity index (χ2n) is 9.74. The Hall–Kier alpha value is -2.06. The number of piperidine rings is 2. The molecule has 0 radical (unpaired) electrons. The summed E-state index contributed by atoms with van der Waals surface area (Å²) in [4.78, 5) is 29.3. The highest BCUT2D eigenvalue weighted by Crippen LogP contribution is 2.29. The summed E-state index contributed by atoms with van der Waals surface area (Å²) in [7, 11) is 0. The van der Waals surface area contributed by atoms with Crippen LogP contribution in [0.1, 0.15) is 63.0 Å². The number of hydrogen-bond acceptors (Lipinski definition) is 5. The molecule has 0 aromatic carbocycles. The van der Waals surface area contributed by atoms with Crippen molar-refractivity contribution in [1.82, 2.24) is 14.4 Å². The van der Waals surface area contributed by atoms with Gasteiger partial charge in [0.2, 0.25) is 0 Å². The third-order valence-corrected chi connectivity index (χ3v) is 6.37. The fourth-order valence-electron chi connectivity index (χ4n) is 4.73. The Labute approximate surface area is 184 Å². The van der Waals surface area contributed by atoms with Crippen LogP contribution in [0.5, 0.6) is 0 Å². The highest BCUT2D eigenvalue weighted by atomic mass is 16.7. The van der Waals surface area contributed by atoms with Crippen molar-refractivity contribution < 1.29 is 23.8 Å². The molecule has 1 aromatic rings. The second kappa shape index (κ2) is 9.20. The number of aromatic nitrogens is 1. The quantitative estimate of drug-likeness (QED) is 0.731. The molecule has 0 aliphatic carbocycles. The summed E-state index contributed by atoms with van der Waals surface area (Å²) in [6.45, 7) is 9.72. The summed E-state index contributed by atoms with van der Waals surface area (Å²) in [5, 5.41) is 0. The van der Waals surface area contributed by atoms with E-state index in [0.717, 1.165) is 44.5 Å². The fourth-order valence-corrected chi connectivity index (χ4v) is 4.73. The van der Waals surface area contributed by atoms with E-state index in [9.17, 15) is 9.59 Å². The molecule has 0 spiro atoms. The number of carbonyl (C=O) groups excluding carboxylic acids is 2. The number of carbonyl (C=O) groups is 2. The number of nitrogens with zero attached hydrogens (tertiary/aromatic N) is 3. The first-order chi connectivity index (χ1) is 14.8. The van der Waals surface area contributed by atoms with Crippen molar-refractivity contribution in [3.63, 3.8) is 0 Å². The van der Waals surface area contributed by atoms with E-state index < -0.39 is 5.60 Å². The van der Waals surface area contributed by atoms with Crippen molar-refractivity contribution in [2.75, 3.05) is 39.4 Å². The minimum absolute atomic E-state index is 0.0891. The number of hydrogen-bond donors (Lipinski definition) is 0. The summed E-state index contributed by atoms with van der Waals surface area (Å²) in [5.41, 5.74) is 0.250. The van der Waals surface area contributed by atoms with Crippen LogP contribution >= 0.6 is 0 Å². The topological polar surface area (TPSA) is 73.2 Å². The van der Waals surface area contributed by atoms with Gasteiger partial charge in [-0.05, 0) is 58.6 Å². The first-order valence-corrected chi connectivity index (χ1v) is 11.5. The van der Waals surface area contributed by atoms with E-state index in [1.807, 2.05) is 44.0 Å². The molecule has 31 heavy (non-hydrogen) atoms. The number of likely N-dealkylation sites (tertiary alicyclic amines) is 2. The first kappa shape index (κ1) is 22.1. The van der Waals surface area contributed by atoms with Crippen molar-refractivity contribution in [2.45, 2.75) is 64.4 Å². The largest absolute Gasteiger partial charge is 0.444 e. The van der Waals surface area contributed by atoms with E-state index in [-0.39, 0.29) is 24.3 Å². The van der Waals surface area contributed by atoms with E-state index >= 15 is 0 Å². The van der Waals surface area contributed by atoms with Gasteiger partial charge in [0.1, 0.15) is 11.3 Å². The van der Waals surface area contributed by atoms with Gasteiger partial charge in [-0.2, -0.15) is 0 Å². The van der Waals surface area contributed by atoms with Crippen molar-refractivity contribution in [3.8, 4) is 0 Å². The SMILES string of the molecule is CC(C)(C)OC(=O)N1CCC(n2cccc2C(=O)N2CCC(C3OCCO3)CC2)CC1. The van der Waals surface area contributed by atoms with Gasteiger partial charge in [-0.1, -0.05) is 0 Å². The summed E-state index contributed by atoms with van der Waals surface area (Å²) >= 11 is 0. The van der Waals surface area contributed by atoms with Crippen molar-refractivity contribution in [1.29, 1.82) is 0 Å². The summed E-state index contributed by atoms with van der Waals surface area (Å²) < 4.78 is 18.9. The number of rotatable bonds is 3. The molecule has 0 N–H and O–H groups in total. The zero-order chi connectivity index (χ0) is 22.0. The molecule has 172 valence electrons. The lowest BCUT2D eigenvalue weighted by Gasteiger charge is -2.36. The Kier molecular flexibility index (Phi) is 6.57. The molecule has 2 amide bonds. The van der Waals surface area contributed by atoms with Crippen LogP contribution in [0, 0.1) is 5.92 Å². The van der Waals surface area contributed by atoms with Gasteiger partial charge in [0.15, 0.2) is 6.29 Å². The maximum Gasteiger partial charge on any atom is 0.410 e. The summed E-state index contributed by atoms with van der Waals surface area (Å²) in [6, 6.07) is 4.07. The average Bonchev–Trinajstić information content (AvgIpc) is 3.44. The van der Waals surface area contributed by atoms with E-state index in [0.29, 0.717) is 32.2 Å². The standard InChI is InChI=1S/C23H35N3O5/c1-23(2,3)31-22(28)25-13-8-18(9-14-25)26-10-4-5-19(26)20(27)24-11-6-17(7-12-24)21-29-15-16-30-21/h4-5,10,17-18,21H,6-9,11-16H2,1-3H3. The van der Waals surface area contributed by atoms with Crippen LogP contribution < -0.4 is 0 Å². The smallest absolute Gasteiger partial charge is 0.410 e. The molecule has 3 fully saturated rings. The molecule has 0 saturated carbocycles. The average molecular weight is 434 g/mol. The molecule has 3 aliphatic heterocycles. The van der Waals surface area contributed by atoms with E-state index in [4.69, 9.17) is 14.2 Å². The molecule has 3 saturated heterocycles. The maximum absolute atomic E-state index is 13.2. The summed E-state index contributed by atoms with van der Waals surface area (Å²) in [5.74, 6) is 0.460. The van der Waals surface area contributed by atoms with Crippen molar-refractivity contribution >= 4 is 12.0 Å². The van der Waals surface area contributed by atoms with Gasteiger partial charge >= 0.3 is 6.09 Å². The Morgan fingerprint density at radius 3 is 2.19 bits per heavy atom. The lowest BCUT2D eigenvalue weighted by Crippen LogP contribution is -2.43. The number of ether oxygens (including phenoxy) is 3. The van der Waals surface area contributed by atoms with Gasteiger partial charge in [-0.3, -0.25) is 4.79 Å². The van der Waals surface area contributed by atoms with Crippen LogP contribution in [0.4, 0.5) is 4.79 Å². The van der Waals surface area contributed by atoms with E-state index in [1.165, 1.54) is 0 Å². The van der Waals surface area contributed by atoms with Crippen molar-refractivity contribution in [2.24, 2.45) is 5.92 Å². The molecular formula is C23H35N3O5. The van der Waals surface area contributed by atoms with Crippen LogP contribution in [0.25, 0.3) is 0 Å². The van der Waals surface area contributed by atoms with E-state index in [2.05, 4.69) is 4.57 Å². The molecule has 4 heterocycles. The maximum atomic E-state index is 13.2. The van der Waals surface area contributed by atoms with Crippen LogP contribution in [-0.4, -0.2) is 77.7 Å². The molecule has 8 heteroatoms. The van der Waals surface area contributed by atoms with Gasteiger partial charge in [-0.25, -0.2) is 4.79 Å². The molecule has 0 unspecified atom stereocenters. The van der Waals surface area contributed by atoms with Gasteiger partial charge in [0.05, 0.1) is 13.2 Å². The van der Waals surface area contributed by atoms with Gasteiger partial charge in [0, 0.05) is 44.3 Å². The molecule has 1 aromatic heterocycles. The van der Waals surface area contributed by atoms with Gasteiger partial charge in [0.25, 0.3) is 5.91 Å². The normalized spacial score (nSPS) is 22.2. The minimum Gasteiger partial charge on any atom is -0.444 e. The third kappa shape index (κ3) is 5.23. The highest BCUT2D eigenvalue weighted by molar-refractivity contribution is 5.93. The second-order valence-corrected chi connectivity index (χ2v) is 9.74. The Morgan fingerprint density at radius 1 is 0.968 bits per heavy atom. The fraction of sp³-hybridized carbons (Fsp3) is 0.739. The van der Waals surface area contributed by atoms with Gasteiger partial charge in [-0.15, -0.1) is 0 Å². The lowest BCUT2D eigenvalue weighted by atomic mass is 9.96. The van der Waals surface area contributed by atoms with Crippen LogP contribution in [0.15, 0.2) is 18.3 Å². The Morgan fingerprint density at radius 2 is 1.58 bits per heavy atom. The zero-order valence-electron chi connectivity index (χ0n) is 18.9. The molecule has 0 bridgehead atoms. The zero-order valence-corrected chi connectivity index (χ0v) is 18.9. The molecule has 3 aliphatic rings. The van der Waals surface area contributed by atoms with Crippen LogP contribution in [0.3, 0.4) is 0 Å². The summed E-state index contributed by atoms with van der Waals surface area (Å²) in [6.07, 6.45) is 5.08. The minimum atomic E-state index is -0.489. The predicted molar refractivity (Wildman–Crippen MR) is 115 cm³/mol. The Balaban J connectivity index is 1.32. The molecule has 8 nitrogen and oxygen atoms in total. The predicted octanol–water partition coefficient (Wildman–Crippen LogP) is 3.29. The molecule has 4 rings (SSSR count). The van der Waals surface area contributed by atoms with E-state index in [1.54, 1.807) is 4.90 Å². The first-order valence-electron chi connectivity index (χ1n) is 11.5. The molecule has 0 atom stereocenters. The van der Waals surface area contributed by atoms with Crippen LogP contribution in [0.2, 0.25) is 0 Å². The monoisotopic (exact) mass is 433 g/mol. The van der Waals surface area contributed by atoms with Crippen molar-refractivity contribution in [3.05, 3.63) is 24.0 Å². The Bertz CT molecular complexity index is 764. The highest BCUT2D eigenvalue weighted by Gasteiger charge is 2.34.